The Labute approximate surface area is 104 Å². The van der Waals surface area contributed by atoms with Crippen molar-refractivity contribution >= 4 is 5.91 Å². The van der Waals surface area contributed by atoms with Gasteiger partial charge in [-0.2, -0.15) is 0 Å². The van der Waals surface area contributed by atoms with Gasteiger partial charge < -0.3 is 10.4 Å². The molecule has 2 saturated carbocycles. The first-order valence-corrected chi connectivity index (χ1v) is 7.26. The Balaban J connectivity index is 1.82. The second-order valence-electron chi connectivity index (χ2n) is 5.66. The van der Waals surface area contributed by atoms with Gasteiger partial charge in [0.1, 0.15) is 0 Å². The molecule has 3 heteroatoms. The van der Waals surface area contributed by atoms with Gasteiger partial charge in [-0.3, -0.25) is 4.79 Å². The van der Waals surface area contributed by atoms with Gasteiger partial charge >= 0.3 is 0 Å². The average molecular weight is 239 g/mol. The zero-order valence-corrected chi connectivity index (χ0v) is 10.7. The highest BCUT2D eigenvalue weighted by Gasteiger charge is 2.27. The molecule has 1 amide bonds. The summed E-state index contributed by atoms with van der Waals surface area (Å²) in [6.45, 7) is 0. The van der Waals surface area contributed by atoms with Crippen LogP contribution in [0.15, 0.2) is 0 Å². The van der Waals surface area contributed by atoms with Gasteiger partial charge in [0, 0.05) is 5.92 Å². The van der Waals surface area contributed by atoms with E-state index < -0.39 is 0 Å². The predicted octanol–water partition coefficient (Wildman–Crippen LogP) is 2.38. The predicted molar refractivity (Wildman–Crippen MR) is 67.6 cm³/mol. The van der Waals surface area contributed by atoms with Crippen LogP contribution in [0, 0.1) is 5.92 Å². The minimum Gasteiger partial charge on any atom is -0.391 e. The van der Waals surface area contributed by atoms with Gasteiger partial charge in [0.2, 0.25) is 5.91 Å². The summed E-state index contributed by atoms with van der Waals surface area (Å²) in [5, 5.41) is 12.9. The number of nitrogens with one attached hydrogen (secondary N) is 1. The van der Waals surface area contributed by atoms with Crippen LogP contribution in [0.5, 0.6) is 0 Å². The van der Waals surface area contributed by atoms with Gasteiger partial charge in [0.25, 0.3) is 0 Å². The van der Waals surface area contributed by atoms with Gasteiger partial charge in [-0.15, -0.1) is 0 Å². The third kappa shape index (κ3) is 3.70. The number of rotatable bonds is 2. The molecule has 0 unspecified atom stereocenters. The monoisotopic (exact) mass is 239 g/mol. The third-order valence-corrected chi connectivity index (χ3v) is 4.28. The van der Waals surface area contributed by atoms with Crippen LogP contribution in [0.25, 0.3) is 0 Å². The normalized spacial score (nSPS) is 31.8. The van der Waals surface area contributed by atoms with E-state index in [2.05, 4.69) is 5.32 Å². The molecular weight excluding hydrogens is 214 g/mol. The molecule has 2 N–H and O–H groups in total. The number of carbonyl (C=O) groups excluding carboxylic acids is 1. The number of hydrogen-bond donors (Lipinski definition) is 2. The minimum absolute atomic E-state index is 0.0134. The first-order chi connectivity index (χ1) is 8.27. The van der Waals surface area contributed by atoms with Crippen LogP contribution in [0.3, 0.4) is 0 Å². The summed E-state index contributed by atoms with van der Waals surface area (Å²) in [6.07, 6.45) is 10.7. The molecule has 3 nitrogen and oxygen atoms in total. The zero-order chi connectivity index (χ0) is 12.1. The number of aliphatic hydroxyl groups is 1. The molecule has 2 fully saturated rings. The highest BCUT2D eigenvalue weighted by molar-refractivity contribution is 5.79. The van der Waals surface area contributed by atoms with E-state index in [-0.39, 0.29) is 24.0 Å². The summed E-state index contributed by atoms with van der Waals surface area (Å²) in [4.78, 5) is 12.1. The van der Waals surface area contributed by atoms with Gasteiger partial charge in [-0.05, 0) is 25.7 Å². The minimum atomic E-state index is -0.321. The van der Waals surface area contributed by atoms with Crippen LogP contribution in [0.1, 0.15) is 64.2 Å². The molecule has 0 bridgehead atoms. The molecule has 2 rings (SSSR count). The van der Waals surface area contributed by atoms with E-state index in [1.54, 1.807) is 0 Å². The summed E-state index contributed by atoms with van der Waals surface area (Å²) in [6, 6.07) is 0.0134. The molecule has 0 spiro atoms. The van der Waals surface area contributed by atoms with E-state index in [4.69, 9.17) is 0 Å². The Kier molecular flexibility index (Phi) is 4.84. The van der Waals surface area contributed by atoms with Gasteiger partial charge in [-0.1, -0.05) is 38.5 Å². The number of hydrogen-bond acceptors (Lipinski definition) is 2. The van der Waals surface area contributed by atoms with E-state index >= 15 is 0 Å². The summed E-state index contributed by atoms with van der Waals surface area (Å²) in [5.74, 6) is 0.393. The van der Waals surface area contributed by atoms with Crippen molar-refractivity contribution in [1.29, 1.82) is 0 Å². The smallest absolute Gasteiger partial charge is 0.223 e. The molecule has 0 heterocycles. The van der Waals surface area contributed by atoms with Crippen molar-refractivity contribution in [2.24, 2.45) is 5.92 Å². The van der Waals surface area contributed by atoms with Crippen molar-refractivity contribution in [3.05, 3.63) is 0 Å². The van der Waals surface area contributed by atoms with Crippen LogP contribution in [-0.4, -0.2) is 23.2 Å². The Morgan fingerprint density at radius 3 is 2.12 bits per heavy atom. The average Bonchev–Trinajstić information content (AvgIpc) is 2.61. The summed E-state index contributed by atoms with van der Waals surface area (Å²) in [7, 11) is 0. The fourth-order valence-electron chi connectivity index (χ4n) is 3.12. The lowest BCUT2D eigenvalue weighted by Gasteiger charge is -2.29. The molecule has 98 valence electrons. The molecule has 0 aromatic heterocycles. The summed E-state index contributed by atoms with van der Waals surface area (Å²) < 4.78 is 0. The number of aliphatic hydroxyl groups excluding tert-OH is 1. The first kappa shape index (κ1) is 12.9. The molecule has 2 atom stereocenters. The molecule has 17 heavy (non-hydrogen) atoms. The maximum Gasteiger partial charge on any atom is 0.223 e. The molecule has 0 radical (unpaired) electrons. The maximum atomic E-state index is 12.1. The summed E-state index contributed by atoms with van der Waals surface area (Å²) >= 11 is 0. The van der Waals surface area contributed by atoms with E-state index in [1.165, 1.54) is 25.7 Å². The highest BCUT2D eigenvalue weighted by atomic mass is 16.3. The van der Waals surface area contributed by atoms with Crippen LogP contribution >= 0.6 is 0 Å². The molecule has 0 aromatic carbocycles. The van der Waals surface area contributed by atoms with Gasteiger partial charge in [0.15, 0.2) is 0 Å². The molecule has 0 saturated heterocycles. The van der Waals surface area contributed by atoms with E-state index in [0.29, 0.717) is 0 Å². The second kappa shape index (κ2) is 6.39. The topological polar surface area (TPSA) is 49.3 Å². The van der Waals surface area contributed by atoms with Crippen molar-refractivity contribution < 1.29 is 9.90 Å². The van der Waals surface area contributed by atoms with Crippen molar-refractivity contribution in [3.8, 4) is 0 Å². The standard InChI is InChI=1S/C14H25NO2/c16-13-10-6-5-9-12(13)15-14(17)11-7-3-1-2-4-8-11/h11-13,16H,1-10H2,(H,15,17)/t12-,13-/m1/s1. The maximum absolute atomic E-state index is 12.1. The van der Waals surface area contributed by atoms with Gasteiger partial charge in [0.05, 0.1) is 12.1 Å². The third-order valence-electron chi connectivity index (χ3n) is 4.28. The lowest BCUT2D eigenvalue weighted by Crippen LogP contribution is -2.47. The largest absolute Gasteiger partial charge is 0.391 e. The van der Waals surface area contributed by atoms with Crippen LogP contribution in [-0.2, 0) is 4.79 Å². The molecule has 0 aromatic rings. The molecular formula is C14H25NO2. The highest BCUT2D eigenvalue weighted by Crippen LogP contribution is 2.24. The Morgan fingerprint density at radius 2 is 1.47 bits per heavy atom. The van der Waals surface area contributed by atoms with Gasteiger partial charge in [-0.25, -0.2) is 0 Å². The Morgan fingerprint density at radius 1 is 0.882 bits per heavy atom. The Bertz CT molecular complexity index is 247. The summed E-state index contributed by atoms with van der Waals surface area (Å²) in [5.41, 5.74) is 0. The van der Waals surface area contributed by atoms with Crippen molar-refractivity contribution in [2.45, 2.75) is 76.4 Å². The second-order valence-corrected chi connectivity index (χ2v) is 5.66. The fraction of sp³-hybridized carbons (Fsp3) is 0.929. The lowest BCUT2D eigenvalue weighted by atomic mass is 9.91. The SMILES string of the molecule is O=C(N[C@@H]1CCCC[C@H]1O)C1CCCCCC1. The molecule has 2 aliphatic rings. The van der Waals surface area contributed by atoms with Crippen molar-refractivity contribution in [2.75, 3.05) is 0 Å². The van der Waals surface area contributed by atoms with E-state index in [0.717, 1.165) is 38.5 Å². The quantitative estimate of drug-likeness (QED) is 0.727. The van der Waals surface area contributed by atoms with E-state index in [9.17, 15) is 9.90 Å². The molecule has 0 aliphatic heterocycles. The first-order valence-electron chi connectivity index (χ1n) is 7.26. The van der Waals surface area contributed by atoms with E-state index in [1.807, 2.05) is 0 Å². The molecule has 2 aliphatic carbocycles. The zero-order valence-electron chi connectivity index (χ0n) is 10.7. The Hall–Kier alpha value is -0.570. The fourth-order valence-corrected chi connectivity index (χ4v) is 3.12. The van der Waals surface area contributed by atoms with Crippen LogP contribution in [0.4, 0.5) is 0 Å². The van der Waals surface area contributed by atoms with Crippen molar-refractivity contribution in [1.82, 2.24) is 5.32 Å². The number of amides is 1. The van der Waals surface area contributed by atoms with Crippen LogP contribution in [0.2, 0.25) is 0 Å². The lowest BCUT2D eigenvalue weighted by molar-refractivity contribution is -0.127. The van der Waals surface area contributed by atoms with Crippen LogP contribution < -0.4 is 5.32 Å². The van der Waals surface area contributed by atoms with Crippen molar-refractivity contribution in [3.63, 3.8) is 0 Å². The number of carbonyl (C=O) groups is 1.